The topological polar surface area (TPSA) is 49.3 Å². The van der Waals surface area contributed by atoms with E-state index in [9.17, 15) is 4.79 Å². The van der Waals surface area contributed by atoms with Crippen LogP contribution in [-0.4, -0.2) is 47.0 Å². The number of piperazine rings is 1. The first-order valence-corrected chi connectivity index (χ1v) is 11.4. The summed E-state index contributed by atoms with van der Waals surface area (Å²) in [6.07, 6.45) is 1.89. The second-order valence-corrected chi connectivity index (χ2v) is 9.78. The van der Waals surface area contributed by atoms with Crippen molar-refractivity contribution in [3.63, 3.8) is 0 Å². The average Bonchev–Trinajstić information content (AvgIpc) is 3.19. The molecule has 3 aromatic rings. The van der Waals surface area contributed by atoms with Gasteiger partial charge in [-0.2, -0.15) is 0 Å². The second-order valence-electron chi connectivity index (χ2n) is 9.78. The number of nitrogens with zero attached hydrogens (tertiary/aromatic N) is 4. The third-order valence-corrected chi connectivity index (χ3v) is 8.16. The molecule has 5 heteroatoms. The Hall–Kier alpha value is -2.95. The van der Waals surface area contributed by atoms with Gasteiger partial charge in [0.1, 0.15) is 0 Å². The first-order valence-electron chi connectivity index (χ1n) is 11.4. The van der Waals surface area contributed by atoms with Gasteiger partial charge in [0.25, 0.3) is 0 Å². The van der Waals surface area contributed by atoms with Crippen molar-refractivity contribution < 1.29 is 4.79 Å². The van der Waals surface area contributed by atoms with Crippen molar-refractivity contribution >= 4 is 22.6 Å². The molecule has 6 rings (SSSR count). The zero-order valence-electron chi connectivity index (χ0n) is 18.2. The van der Waals surface area contributed by atoms with Crippen LogP contribution in [0.15, 0.2) is 54.6 Å². The van der Waals surface area contributed by atoms with Gasteiger partial charge in [-0.05, 0) is 42.5 Å². The summed E-state index contributed by atoms with van der Waals surface area (Å²) in [6.45, 7) is 7.77. The predicted octanol–water partition coefficient (Wildman–Crippen LogP) is 4.13. The largest absolute Gasteiger partial charge is 0.368 e. The van der Waals surface area contributed by atoms with Gasteiger partial charge in [0.05, 0.1) is 27.8 Å². The highest BCUT2D eigenvalue weighted by atomic mass is 16.2. The molecule has 1 amide bonds. The molecule has 2 bridgehead atoms. The lowest BCUT2D eigenvalue weighted by Crippen LogP contribution is -2.57. The summed E-state index contributed by atoms with van der Waals surface area (Å²) in [6, 6.07) is 18.5. The Balaban J connectivity index is 1.35. The molecule has 5 nitrogen and oxygen atoms in total. The molecule has 2 aliphatic carbocycles. The van der Waals surface area contributed by atoms with E-state index in [1.807, 2.05) is 30.3 Å². The summed E-state index contributed by atoms with van der Waals surface area (Å²) in [5, 5.41) is 0. The third kappa shape index (κ3) is 2.46. The maximum Gasteiger partial charge on any atom is 0.235 e. The van der Waals surface area contributed by atoms with Crippen LogP contribution in [0.25, 0.3) is 11.0 Å². The zero-order chi connectivity index (χ0) is 21.2. The fraction of sp³-hybridized carbons (Fsp3) is 0.423. The maximum atomic E-state index is 14.2. The number of carbonyl (C=O) groups is 1. The number of fused-ring (bicyclic) bond motifs is 6. The van der Waals surface area contributed by atoms with E-state index in [1.54, 1.807) is 0 Å². The molecule has 2 fully saturated rings. The molecule has 0 N–H and O–H groups in total. The quantitative estimate of drug-likeness (QED) is 0.635. The molecule has 2 aromatic carbocycles. The first-order chi connectivity index (χ1) is 15.0. The van der Waals surface area contributed by atoms with Gasteiger partial charge < -0.3 is 9.80 Å². The van der Waals surface area contributed by atoms with E-state index in [4.69, 9.17) is 9.97 Å². The number of rotatable bonds is 2. The first kappa shape index (κ1) is 18.8. The minimum atomic E-state index is -0.557. The van der Waals surface area contributed by atoms with Crippen molar-refractivity contribution in [1.29, 1.82) is 0 Å². The molecule has 158 valence electrons. The predicted molar refractivity (Wildman–Crippen MR) is 122 cm³/mol. The van der Waals surface area contributed by atoms with E-state index >= 15 is 0 Å². The fourth-order valence-electron chi connectivity index (χ4n) is 6.37. The molecule has 1 aromatic heterocycles. The Morgan fingerprint density at radius 2 is 1.55 bits per heavy atom. The molecule has 0 radical (unpaired) electrons. The highest BCUT2D eigenvalue weighted by Crippen LogP contribution is 2.67. The summed E-state index contributed by atoms with van der Waals surface area (Å²) in [7, 11) is 0. The van der Waals surface area contributed by atoms with E-state index < -0.39 is 5.41 Å². The highest BCUT2D eigenvalue weighted by Gasteiger charge is 2.68. The molecule has 3 aliphatic rings. The highest BCUT2D eigenvalue weighted by molar-refractivity contribution is 5.92. The van der Waals surface area contributed by atoms with Crippen LogP contribution in [0.5, 0.6) is 0 Å². The summed E-state index contributed by atoms with van der Waals surface area (Å²) >= 11 is 0. The second kappa shape index (κ2) is 6.52. The van der Waals surface area contributed by atoms with Crippen molar-refractivity contribution in [2.75, 3.05) is 31.1 Å². The van der Waals surface area contributed by atoms with Gasteiger partial charge in [0.2, 0.25) is 5.91 Å². The summed E-state index contributed by atoms with van der Waals surface area (Å²) in [5.74, 6) is 0.560. The Labute approximate surface area is 183 Å². The lowest BCUT2D eigenvalue weighted by molar-refractivity contribution is -0.141. The number of carbonyl (C=O) groups excluding carboxylic acids is 1. The molecule has 2 unspecified atom stereocenters. The lowest BCUT2D eigenvalue weighted by atomic mass is 9.67. The SMILES string of the molecule is CC1(C)C2CCC1(C(=O)N1CCN(c3ccccc3)CC1)c1nc3ccccc3nc12. The maximum absolute atomic E-state index is 14.2. The van der Waals surface area contributed by atoms with Crippen molar-refractivity contribution in [3.8, 4) is 0 Å². The number of para-hydroxylation sites is 3. The van der Waals surface area contributed by atoms with Crippen LogP contribution in [0.3, 0.4) is 0 Å². The molecule has 1 saturated heterocycles. The number of amides is 1. The minimum Gasteiger partial charge on any atom is -0.368 e. The molecular formula is C26H28N4O. The van der Waals surface area contributed by atoms with Gasteiger partial charge in [0, 0.05) is 37.8 Å². The van der Waals surface area contributed by atoms with Crippen LogP contribution in [0.4, 0.5) is 5.69 Å². The standard InChI is InChI=1S/C26H28N4O/c1-25(2)19-12-13-26(25,23-22(19)27-20-10-6-7-11-21(20)28-23)24(31)30-16-14-29(15-17-30)18-8-4-3-5-9-18/h3-11,19H,12-17H2,1-2H3. The van der Waals surface area contributed by atoms with Crippen molar-refractivity contribution in [2.45, 2.75) is 38.0 Å². The van der Waals surface area contributed by atoms with Gasteiger partial charge >= 0.3 is 0 Å². The Morgan fingerprint density at radius 3 is 2.26 bits per heavy atom. The Morgan fingerprint density at radius 1 is 0.903 bits per heavy atom. The van der Waals surface area contributed by atoms with Crippen LogP contribution in [0.2, 0.25) is 0 Å². The van der Waals surface area contributed by atoms with Crippen LogP contribution in [-0.2, 0) is 10.2 Å². The van der Waals surface area contributed by atoms with Gasteiger partial charge in [-0.1, -0.05) is 44.2 Å². The molecular weight excluding hydrogens is 384 g/mol. The number of benzene rings is 2. The van der Waals surface area contributed by atoms with Crippen LogP contribution < -0.4 is 4.90 Å². The number of hydrogen-bond acceptors (Lipinski definition) is 4. The Kier molecular flexibility index (Phi) is 3.95. The Bertz CT molecular complexity index is 1170. The number of anilines is 1. The van der Waals surface area contributed by atoms with Crippen LogP contribution >= 0.6 is 0 Å². The van der Waals surface area contributed by atoms with Crippen molar-refractivity contribution in [2.24, 2.45) is 5.41 Å². The molecule has 31 heavy (non-hydrogen) atoms. The van der Waals surface area contributed by atoms with E-state index in [1.165, 1.54) is 5.69 Å². The average molecular weight is 413 g/mol. The van der Waals surface area contributed by atoms with Crippen LogP contribution in [0, 0.1) is 5.41 Å². The van der Waals surface area contributed by atoms with Gasteiger partial charge in [-0.15, -0.1) is 0 Å². The number of hydrogen-bond donors (Lipinski definition) is 0. The lowest BCUT2D eigenvalue weighted by Gasteiger charge is -2.43. The normalized spacial score (nSPS) is 26.3. The third-order valence-electron chi connectivity index (χ3n) is 8.16. The summed E-state index contributed by atoms with van der Waals surface area (Å²) < 4.78 is 0. The fourth-order valence-corrected chi connectivity index (χ4v) is 6.37. The molecule has 1 aliphatic heterocycles. The van der Waals surface area contributed by atoms with Gasteiger partial charge in [-0.25, -0.2) is 9.97 Å². The minimum absolute atomic E-state index is 0.166. The molecule has 2 heterocycles. The van der Waals surface area contributed by atoms with Crippen molar-refractivity contribution in [1.82, 2.24) is 14.9 Å². The smallest absolute Gasteiger partial charge is 0.235 e. The van der Waals surface area contributed by atoms with E-state index in [-0.39, 0.29) is 11.3 Å². The summed E-state index contributed by atoms with van der Waals surface area (Å²) in [4.78, 5) is 28.7. The van der Waals surface area contributed by atoms with Crippen LogP contribution in [0.1, 0.15) is 44.0 Å². The molecule has 1 saturated carbocycles. The van der Waals surface area contributed by atoms with Gasteiger partial charge in [-0.3, -0.25) is 4.79 Å². The van der Waals surface area contributed by atoms with E-state index in [0.717, 1.165) is 61.4 Å². The van der Waals surface area contributed by atoms with E-state index in [0.29, 0.717) is 5.92 Å². The molecule has 0 spiro atoms. The zero-order valence-corrected chi connectivity index (χ0v) is 18.2. The number of aromatic nitrogens is 2. The van der Waals surface area contributed by atoms with E-state index in [2.05, 4.69) is 47.9 Å². The monoisotopic (exact) mass is 412 g/mol. The molecule has 2 atom stereocenters. The van der Waals surface area contributed by atoms with Gasteiger partial charge in [0.15, 0.2) is 0 Å². The van der Waals surface area contributed by atoms with Crippen molar-refractivity contribution in [3.05, 3.63) is 66.0 Å². The summed E-state index contributed by atoms with van der Waals surface area (Å²) in [5.41, 5.74) is 4.35.